The van der Waals surface area contributed by atoms with Crippen LogP contribution in [0.4, 0.5) is 0 Å². The van der Waals surface area contributed by atoms with Crippen LogP contribution in [0, 0.1) is 0 Å². The summed E-state index contributed by atoms with van der Waals surface area (Å²) in [4.78, 5) is 25.5. The van der Waals surface area contributed by atoms with E-state index in [0.717, 1.165) is 30.5 Å². The highest BCUT2D eigenvalue weighted by atomic mass is 16.2. The summed E-state index contributed by atoms with van der Waals surface area (Å²) in [7, 11) is 1.67. The molecule has 1 atom stereocenters. The summed E-state index contributed by atoms with van der Waals surface area (Å²) in [5.74, 6) is 4.99. The SMILES string of the molecule is CNC(=O)C1CCCN1Cc1ccccc1CC(=O)NN. The summed E-state index contributed by atoms with van der Waals surface area (Å²) >= 11 is 0. The van der Waals surface area contributed by atoms with Gasteiger partial charge in [-0.15, -0.1) is 0 Å². The number of amides is 2. The van der Waals surface area contributed by atoms with Crippen molar-refractivity contribution < 1.29 is 9.59 Å². The quantitative estimate of drug-likeness (QED) is 0.402. The van der Waals surface area contributed by atoms with Crippen LogP contribution in [0.25, 0.3) is 0 Å². The fourth-order valence-corrected chi connectivity index (χ4v) is 2.81. The number of rotatable bonds is 5. The van der Waals surface area contributed by atoms with Crippen molar-refractivity contribution in [3.63, 3.8) is 0 Å². The first-order chi connectivity index (χ1) is 10.2. The van der Waals surface area contributed by atoms with Gasteiger partial charge in [-0.1, -0.05) is 24.3 Å². The average molecular weight is 290 g/mol. The fraction of sp³-hybridized carbons (Fsp3) is 0.467. The number of likely N-dealkylation sites (tertiary alicyclic amines) is 1. The van der Waals surface area contributed by atoms with Gasteiger partial charge in [-0.2, -0.15) is 0 Å². The molecule has 21 heavy (non-hydrogen) atoms. The minimum Gasteiger partial charge on any atom is -0.358 e. The predicted octanol–water partition coefficient (Wildman–Crippen LogP) is -0.0706. The molecule has 1 unspecified atom stereocenters. The zero-order valence-corrected chi connectivity index (χ0v) is 12.3. The number of benzene rings is 1. The Bertz CT molecular complexity index is 518. The van der Waals surface area contributed by atoms with Gasteiger partial charge in [0.25, 0.3) is 0 Å². The molecule has 2 amide bonds. The highest BCUT2D eigenvalue weighted by Crippen LogP contribution is 2.22. The van der Waals surface area contributed by atoms with Gasteiger partial charge in [0.2, 0.25) is 11.8 Å². The lowest BCUT2D eigenvalue weighted by molar-refractivity contribution is -0.125. The molecule has 0 aromatic heterocycles. The molecule has 114 valence electrons. The van der Waals surface area contributed by atoms with Crippen molar-refractivity contribution in [1.82, 2.24) is 15.6 Å². The van der Waals surface area contributed by atoms with Gasteiger partial charge in [0.05, 0.1) is 12.5 Å². The molecule has 0 aliphatic carbocycles. The molecule has 0 saturated carbocycles. The molecule has 2 rings (SSSR count). The number of hydrogen-bond acceptors (Lipinski definition) is 4. The summed E-state index contributed by atoms with van der Waals surface area (Å²) in [6, 6.07) is 7.70. The summed E-state index contributed by atoms with van der Waals surface area (Å²) in [5, 5.41) is 2.72. The molecule has 0 radical (unpaired) electrons. The van der Waals surface area contributed by atoms with Crippen molar-refractivity contribution >= 4 is 11.8 Å². The highest BCUT2D eigenvalue weighted by Gasteiger charge is 2.30. The van der Waals surface area contributed by atoms with E-state index in [4.69, 9.17) is 5.84 Å². The van der Waals surface area contributed by atoms with Crippen LogP contribution in [-0.2, 0) is 22.6 Å². The Kier molecular flexibility index (Phi) is 5.30. The molecule has 1 aromatic carbocycles. The predicted molar refractivity (Wildman–Crippen MR) is 80.0 cm³/mol. The second-order valence-corrected chi connectivity index (χ2v) is 5.26. The van der Waals surface area contributed by atoms with Crippen LogP contribution in [0.3, 0.4) is 0 Å². The van der Waals surface area contributed by atoms with Crippen LogP contribution in [0.2, 0.25) is 0 Å². The summed E-state index contributed by atoms with van der Waals surface area (Å²) in [5.41, 5.74) is 4.17. The second-order valence-electron chi connectivity index (χ2n) is 5.26. The van der Waals surface area contributed by atoms with Gasteiger partial charge in [0.1, 0.15) is 0 Å². The Hall–Kier alpha value is -1.92. The van der Waals surface area contributed by atoms with Crippen molar-refractivity contribution in [2.24, 2.45) is 5.84 Å². The van der Waals surface area contributed by atoms with E-state index >= 15 is 0 Å². The lowest BCUT2D eigenvalue weighted by Crippen LogP contribution is -2.41. The van der Waals surface area contributed by atoms with Crippen molar-refractivity contribution in [2.45, 2.75) is 31.8 Å². The van der Waals surface area contributed by atoms with Gasteiger partial charge in [0, 0.05) is 13.6 Å². The molecule has 1 heterocycles. The number of likely N-dealkylation sites (N-methyl/N-ethyl adjacent to an activating group) is 1. The van der Waals surface area contributed by atoms with Crippen LogP contribution >= 0.6 is 0 Å². The lowest BCUT2D eigenvalue weighted by atomic mass is 10.0. The molecule has 1 aliphatic rings. The molecule has 6 heteroatoms. The standard InChI is InChI=1S/C15H22N4O2/c1-17-15(21)13-7-4-8-19(13)10-12-6-3-2-5-11(12)9-14(20)18-16/h2-3,5-6,13H,4,7-10,16H2,1H3,(H,17,21)(H,18,20). The first-order valence-electron chi connectivity index (χ1n) is 7.17. The second kappa shape index (κ2) is 7.19. The van der Waals surface area contributed by atoms with Crippen molar-refractivity contribution in [3.05, 3.63) is 35.4 Å². The third-order valence-electron chi connectivity index (χ3n) is 3.92. The number of nitrogens with one attached hydrogen (secondary N) is 2. The molecule has 1 aliphatic heterocycles. The first kappa shape index (κ1) is 15.5. The van der Waals surface area contributed by atoms with Crippen LogP contribution in [0.15, 0.2) is 24.3 Å². The van der Waals surface area contributed by atoms with Crippen LogP contribution in [-0.4, -0.2) is 36.3 Å². The lowest BCUT2D eigenvalue weighted by Gasteiger charge is -2.24. The van der Waals surface area contributed by atoms with E-state index in [-0.39, 0.29) is 24.3 Å². The first-order valence-corrected chi connectivity index (χ1v) is 7.17. The molecule has 0 spiro atoms. The van der Waals surface area contributed by atoms with E-state index in [1.54, 1.807) is 7.05 Å². The number of nitrogens with two attached hydrogens (primary N) is 1. The Balaban J connectivity index is 2.12. The monoisotopic (exact) mass is 290 g/mol. The molecule has 1 fully saturated rings. The summed E-state index contributed by atoms with van der Waals surface area (Å²) in [6.07, 6.45) is 2.15. The molecule has 4 N–H and O–H groups in total. The maximum absolute atomic E-state index is 11.9. The van der Waals surface area contributed by atoms with Crippen LogP contribution in [0.1, 0.15) is 24.0 Å². The molecule has 6 nitrogen and oxygen atoms in total. The minimum atomic E-state index is -0.216. The normalized spacial score (nSPS) is 18.5. The van der Waals surface area contributed by atoms with E-state index in [1.165, 1.54) is 0 Å². The number of nitrogens with zero attached hydrogens (tertiary/aromatic N) is 1. The third-order valence-corrected chi connectivity index (χ3v) is 3.92. The molecular weight excluding hydrogens is 268 g/mol. The minimum absolute atomic E-state index is 0.0599. The molecule has 1 aromatic rings. The zero-order valence-electron chi connectivity index (χ0n) is 12.3. The zero-order chi connectivity index (χ0) is 15.2. The Labute approximate surface area is 124 Å². The number of hydrazine groups is 1. The summed E-state index contributed by atoms with van der Waals surface area (Å²) < 4.78 is 0. The van der Waals surface area contributed by atoms with Crippen LogP contribution in [0.5, 0.6) is 0 Å². The molecule has 0 bridgehead atoms. The topological polar surface area (TPSA) is 87.5 Å². The largest absolute Gasteiger partial charge is 0.358 e. The van der Waals surface area contributed by atoms with Crippen molar-refractivity contribution in [3.8, 4) is 0 Å². The van der Waals surface area contributed by atoms with Gasteiger partial charge >= 0.3 is 0 Å². The Morgan fingerprint density at radius 1 is 1.33 bits per heavy atom. The summed E-state index contributed by atoms with van der Waals surface area (Å²) in [6.45, 7) is 1.57. The number of carbonyl (C=O) groups is 2. The fourth-order valence-electron chi connectivity index (χ4n) is 2.81. The third kappa shape index (κ3) is 3.80. The number of carbonyl (C=O) groups excluding carboxylic acids is 2. The molecular formula is C15H22N4O2. The van der Waals surface area contributed by atoms with Gasteiger partial charge in [-0.25, -0.2) is 5.84 Å². The van der Waals surface area contributed by atoms with E-state index in [9.17, 15) is 9.59 Å². The van der Waals surface area contributed by atoms with Crippen LogP contribution < -0.4 is 16.6 Å². The van der Waals surface area contributed by atoms with Gasteiger partial charge in [-0.05, 0) is 30.5 Å². The van der Waals surface area contributed by atoms with Gasteiger partial charge in [0.15, 0.2) is 0 Å². The maximum atomic E-state index is 11.9. The highest BCUT2D eigenvalue weighted by molar-refractivity contribution is 5.81. The van der Waals surface area contributed by atoms with E-state index < -0.39 is 0 Å². The van der Waals surface area contributed by atoms with E-state index in [1.807, 2.05) is 24.3 Å². The van der Waals surface area contributed by atoms with E-state index in [0.29, 0.717) is 6.54 Å². The van der Waals surface area contributed by atoms with Gasteiger partial charge < -0.3 is 5.32 Å². The van der Waals surface area contributed by atoms with Crippen molar-refractivity contribution in [1.29, 1.82) is 0 Å². The Morgan fingerprint density at radius 3 is 2.71 bits per heavy atom. The van der Waals surface area contributed by atoms with E-state index in [2.05, 4.69) is 15.6 Å². The Morgan fingerprint density at radius 2 is 2.05 bits per heavy atom. The van der Waals surface area contributed by atoms with Crippen molar-refractivity contribution in [2.75, 3.05) is 13.6 Å². The number of hydrogen-bond donors (Lipinski definition) is 3. The smallest absolute Gasteiger partial charge is 0.238 e. The van der Waals surface area contributed by atoms with Gasteiger partial charge in [-0.3, -0.25) is 19.9 Å². The molecule has 1 saturated heterocycles. The average Bonchev–Trinajstić information content (AvgIpc) is 2.96. The maximum Gasteiger partial charge on any atom is 0.238 e.